The van der Waals surface area contributed by atoms with Crippen LogP contribution in [0.5, 0.6) is 0 Å². The maximum atomic E-state index is 8.03. The molecule has 0 saturated heterocycles. The molecule has 0 unspecified atom stereocenters. The molecule has 1 nitrogen and oxygen atoms in total. The quantitative estimate of drug-likeness (QED) is 0.154. The first-order valence-corrected chi connectivity index (χ1v) is 22.8. The second-order valence-electron chi connectivity index (χ2n) is 19.8. The Hall–Kier alpha value is -5.99. The highest BCUT2D eigenvalue weighted by atomic mass is 14.8. The summed E-state index contributed by atoms with van der Waals surface area (Å²) in [6.07, 6.45) is 6.14. The van der Waals surface area contributed by atoms with Crippen LogP contribution in [0.15, 0.2) is 179 Å². The lowest BCUT2D eigenvalue weighted by Gasteiger charge is -2.26. The van der Waals surface area contributed by atoms with Crippen molar-refractivity contribution in [3.05, 3.63) is 224 Å². The highest BCUT2D eigenvalue weighted by Crippen LogP contribution is 2.59. The number of hydrogen-bond donors (Lipinski definition) is 0. The minimum Gasteiger partial charge on any atom is -0.247 e. The third kappa shape index (κ3) is 7.02. The van der Waals surface area contributed by atoms with Crippen molar-refractivity contribution >= 4 is 35.9 Å². The van der Waals surface area contributed by atoms with Gasteiger partial charge in [0.1, 0.15) is 0 Å². The van der Waals surface area contributed by atoms with Gasteiger partial charge in [-0.25, -0.2) is 4.99 Å². The Balaban J connectivity index is 1.36. The molecule has 1 atom stereocenters. The largest absolute Gasteiger partial charge is 0.247 e. The summed E-state index contributed by atoms with van der Waals surface area (Å²) in [6.45, 7) is 13.8. The van der Waals surface area contributed by atoms with Crippen molar-refractivity contribution in [2.75, 3.05) is 0 Å². The standard InChI is InChI=1S/C60H56BN/c1-59(2,3)43-34-30-41(31-35-43)51-49-28-16-22-39-20-10-12-25-46(39)53(49)56(61)55(51)54(48-27-15-14-24-45(48)38-18-8-7-9-19-38)58-52(42-32-36-44(37-33-42)60(4,5)6)50-29-17-23-40-21-11-13-26-47(40)57(50)62-58/h7-15,18-21,24-27,30-37,56H,16-17,22-23,28-29H2,1-6H3/b58-54-/t56-/m0/s1. The molecule has 6 aromatic rings. The average molecular weight is 802 g/mol. The molecule has 0 fully saturated rings. The molecule has 0 N–H and O–H groups in total. The minimum absolute atomic E-state index is 0.0319. The molecule has 0 aromatic heterocycles. The number of fused-ring (bicyclic) bond motifs is 5. The first kappa shape index (κ1) is 40.1. The zero-order valence-electron chi connectivity index (χ0n) is 37.3. The number of rotatable bonds is 5. The lowest BCUT2D eigenvalue weighted by Crippen LogP contribution is -2.11. The van der Waals surface area contributed by atoms with Crippen LogP contribution in [0.25, 0.3) is 33.4 Å². The zero-order chi connectivity index (χ0) is 42.8. The van der Waals surface area contributed by atoms with Gasteiger partial charge in [0, 0.05) is 16.7 Å². The molecule has 2 heteroatoms. The van der Waals surface area contributed by atoms with E-state index in [1.54, 1.807) is 0 Å². The van der Waals surface area contributed by atoms with Crippen molar-refractivity contribution in [2.24, 2.45) is 4.99 Å². The highest BCUT2D eigenvalue weighted by molar-refractivity contribution is 6.31. The number of hydrogen-bond acceptors (Lipinski definition) is 1. The lowest BCUT2D eigenvalue weighted by atomic mass is 9.69. The first-order valence-electron chi connectivity index (χ1n) is 22.8. The number of nitrogens with zero attached hydrogens (tertiary/aromatic N) is 1. The van der Waals surface area contributed by atoms with Gasteiger partial charge in [-0.3, -0.25) is 0 Å². The summed E-state index contributed by atoms with van der Waals surface area (Å²) in [5, 5.41) is 0. The van der Waals surface area contributed by atoms with E-state index < -0.39 is 0 Å². The van der Waals surface area contributed by atoms with Crippen molar-refractivity contribution in [2.45, 2.75) is 96.7 Å². The number of allylic oxidation sites excluding steroid dienone is 7. The second kappa shape index (κ2) is 15.7. The van der Waals surface area contributed by atoms with E-state index in [1.807, 2.05) is 0 Å². The molecule has 4 aliphatic rings. The predicted octanol–water partition coefficient (Wildman–Crippen LogP) is 15.2. The lowest BCUT2D eigenvalue weighted by molar-refractivity contribution is 0.590. The third-order valence-corrected chi connectivity index (χ3v) is 13.8. The van der Waals surface area contributed by atoms with Gasteiger partial charge in [0.15, 0.2) is 0 Å². The van der Waals surface area contributed by atoms with E-state index in [9.17, 15) is 0 Å². The summed E-state index contributed by atoms with van der Waals surface area (Å²) < 4.78 is 0. The van der Waals surface area contributed by atoms with Crippen molar-refractivity contribution in [1.82, 2.24) is 0 Å². The Morgan fingerprint density at radius 1 is 0.484 bits per heavy atom. The number of aliphatic imine (C=N–C) groups is 1. The number of aryl methyl sites for hydroxylation is 2. The van der Waals surface area contributed by atoms with Crippen LogP contribution in [-0.4, -0.2) is 13.6 Å². The molecular formula is C60H56BN. The second-order valence-corrected chi connectivity index (χ2v) is 19.8. The molecule has 0 bridgehead atoms. The average Bonchev–Trinajstić information content (AvgIpc) is 3.61. The van der Waals surface area contributed by atoms with Gasteiger partial charge >= 0.3 is 0 Å². The van der Waals surface area contributed by atoms with Gasteiger partial charge in [0.2, 0.25) is 0 Å². The normalized spacial score (nSPS) is 18.4. The summed E-state index contributed by atoms with van der Waals surface area (Å²) in [6, 6.07) is 56.7. The summed E-state index contributed by atoms with van der Waals surface area (Å²) in [5.74, 6) is -0.375. The van der Waals surface area contributed by atoms with Crippen molar-refractivity contribution < 1.29 is 0 Å². The molecule has 1 aliphatic heterocycles. The van der Waals surface area contributed by atoms with E-state index in [0.29, 0.717) is 0 Å². The van der Waals surface area contributed by atoms with Crippen LogP contribution >= 0.6 is 0 Å². The third-order valence-electron chi connectivity index (χ3n) is 13.8. The van der Waals surface area contributed by atoms with Crippen molar-refractivity contribution in [1.29, 1.82) is 0 Å². The van der Waals surface area contributed by atoms with E-state index >= 15 is 0 Å². The van der Waals surface area contributed by atoms with Gasteiger partial charge in [-0.15, -0.1) is 0 Å². The van der Waals surface area contributed by atoms with Gasteiger partial charge in [-0.2, -0.15) is 0 Å². The van der Waals surface area contributed by atoms with E-state index in [1.165, 1.54) is 89.1 Å². The van der Waals surface area contributed by atoms with Crippen LogP contribution < -0.4 is 0 Å². The van der Waals surface area contributed by atoms with Gasteiger partial charge in [-0.1, -0.05) is 193 Å². The Morgan fingerprint density at radius 3 is 1.60 bits per heavy atom. The molecule has 304 valence electrons. The summed E-state index contributed by atoms with van der Waals surface area (Å²) in [7, 11) is 8.03. The Labute approximate surface area is 371 Å². The topological polar surface area (TPSA) is 12.4 Å². The number of benzene rings is 6. The molecule has 0 saturated carbocycles. The van der Waals surface area contributed by atoms with E-state index in [-0.39, 0.29) is 16.6 Å². The van der Waals surface area contributed by atoms with Gasteiger partial charge in [0.25, 0.3) is 0 Å². The van der Waals surface area contributed by atoms with Crippen LogP contribution in [0.1, 0.15) is 117 Å². The predicted molar refractivity (Wildman–Crippen MR) is 265 cm³/mol. The fourth-order valence-electron chi connectivity index (χ4n) is 10.6. The van der Waals surface area contributed by atoms with E-state index in [2.05, 4.69) is 193 Å². The molecule has 0 amide bonds. The SMILES string of the molecule is [B][C@@H]1C(/C(=C2\N=C3C(=C2c2ccc(C(C)(C)C)cc2)CCCc2ccccc23)c2ccccc2-c2ccccc2)=C(c2ccc(C(C)(C)C)cc2)C2=C1c1ccccc1CCC2. The van der Waals surface area contributed by atoms with Crippen LogP contribution in [0.2, 0.25) is 5.82 Å². The van der Waals surface area contributed by atoms with Crippen LogP contribution in [0.4, 0.5) is 0 Å². The van der Waals surface area contributed by atoms with Gasteiger partial charge in [0.05, 0.1) is 19.3 Å². The smallest absolute Gasteiger partial charge is 0.0829 e. The molecule has 62 heavy (non-hydrogen) atoms. The molecule has 6 aromatic carbocycles. The summed E-state index contributed by atoms with van der Waals surface area (Å²) >= 11 is 0. The monoisotopic (exact) mass is 801 g/mol. The maximum absolute atomic E-state index is 8.03. The van der Waals surface area contributed by atoms with E-state index in [0.717, 1.165) is 61.1 Å². The molecule has 2 radical (unpaired) electrons. The highest BCUT2D eigenvalue weighted by Gasteiger charge is 2.40. The molecule has 3 aliphatic carbocycles. The van der Waals surface area contributed by atoms with E-state index in [4.69, 9.17) is 12.8 Å². The Bertz CT molecular complexity index is 2880. The minimum atomic E-state index is -0.375. The Kier molecular flexibility index (Phi) is 10.2. The van der Waals surface area contributed by atoms with Crippen LogP contribution in [0, 0.1) is 0 Å². The first-order chi connectivity index (χ1) is 30.0. The summed E-state index contributed by atoms with van der Waals surface area (Å²) in [4.78, 5) is 6.00. The zero-order valence-corrected chi connectivity index (χ0v) is 37.3. The molecule has 1 heterocycles. The fraction of sp³-hybridized carbons (Fsp3) is 0.250. The summed E-state index contributed by atoms with van der Waals surface area (Å²) in [5.41, 5.74) is 24.9. The van der Waals surface area contributed by atoms with Crippen molar-refractivity contribution in [3.8, 4) is 11.1 Å². The molecule has 10 rings (SSSR count). The molecule has 0 spiro atoms. The molecular weight excluding hydrogens is 745 g/mol. The van der Waals surface area contributed by atoms with Crippen molar-refractivity contribution in [3.63, 3.8) is 0 Å². The Morgan fingerprint density at radius 2 is 0.984 bits per heavy atom. The van der Waals surface area contributed by atoms with Crippen LogP contribution in [0.3, 0.4) is 0 Å². The van der Waals surface area contributed by atoms with Gasteiger partial charge in [-0.05, 0) is 139 Å². The van der Waals surface area contributed by atoms with Gasteiger partial charge < -0.3 is 0 Å². The fourth-order valence-corrected chi connectivity index (χ4v) is 10.6. The van der Waals surface area contributed by atoms with Crippen LogP contribution in [-0.2, 0) is 23.7 Å². The maximum Gasteiger partial charge on any atom is 0.0829 e.